The molecule has 2 aromatic carbocycles. The Balaban J connectivity index is 1.66. The highest BCUT2D eigenvalue weighted by atomic mass is 32.1. The predicted octanol–water partition coefficient (Wildman–Crippen LogP) is 6.01. The zero-order valence-corrected chi connectivity index (χ0v) is 21.2. The molecule has 7 nitrogen and oxygen atoms in total. The number of ether oxygens (including phenoxy) is 1. The summed E-state index contributed by atoms with van der Waals surface area (Å²) in [6, 6.07) is 13.8. The molecule has 2 aromatic heterocycles. The van der Waals surface area contributed by atoms with Crippen LogP contribution in [0.15, 0.2) is 59.2 Å². The normalized spacial score (nSPS) is 11.5. The number of carbonyl (C=O) groups excluding carboxylic acids is 2. The van der Waals surface area contributed by atoms with Crippen molar-refractivity contribution in [3.63, 3.8) is 0 Å². The number of benzene rings is 2. The molecule has 0 spiro atoms. The zero-order valence-electron chi connectivity index (χ0n) is 20.3. The van der Waals surface area contributed by atoms with Gasteiger partial charge in [-0.3, -0.25) is 14.9 Å². The SMILES string of the molecule is CCOc1cc2occ(-c3ccccc3)c2cc1/C(C)=C/C(=O)Nc1nc(C)c(C(=O)N(C)C)s1. The van der Waals surface area contributed by atoms with E-state index in [1.165, 1.54) is 11.0 Å². The van der Waals surface area contributed by atoms with Gasteiger partial charge in [-0.1, -0.05) is 41.7 Å². The van der Waals surface area contributed by atoms with Crippen LogP contribution >= 0.6 is 11.3 Å². The molecule has 0 aliphatic heterocycles. The van der Waals surface area contributed by atoms with Crippen LogP contribution in [0.2, 0.25) is 0 Å². The minimum atomic E-state index is -0.335. The van der Waals surface area contributed by atoms with Crippen LogP contribution in [0, 0.1) is 6.92 Å². The average molecular weight is 490 g/mol. The summed E-state index contributed by atoms with van der Waals surface area (Å²) in [6.45, 7) is 6.00. The van der Waals surface area contributed by atoms with Crippen LogP contribution in [0.4, 0.5) is 5.13 Å². The van der Waals surface area contributed by atoms with E-state index in [9.17, 15) is 9.59 Å². The first kappa shape index (κ1) is 24.2. The highest BCUT2D eigenvalue weighted by Crippen LogP contribution is 2.37. The smallest absolute Gasteiger partial charge is 0.265 e. The molecule has 2 amide bonds. The van der Waals surface area contributed by atoms with Gasteiger partial charge in [0, 0.05) is 42.8 Å². The number of amides is 2. The molecule has 0 radical (unpaired) electrons. The second-order valence-electron chi connectivity index (χ2n) is 8.24. The number of hydrogen-bond donors (Lipinski definition) is 1. The number of rotatable bonds is 7. The van der Waals surface area contributed by atoms with Crippen LogP contribution in [-0.2, 0) is 4.79 Å². The number of aromatic nitrogens is 1. The second kappa shape index (κ2) is 10.1. The lowest BCUT2D eigenvalue weighted by molar-refractivity contribution is -0.111. The highest BCUT2D eigenvalue weighted by Gasteiger charge is 2.19. The van der Waals surface area contributed by atoms with Crippen LogP contribution in [0.3, 0.4) is 0 Å². The summed E-state index contributed by atoms with van der Waals surface area (Å²) in [7, 11) is 3.36. The molecule has 0 bridgehead atoms. The van der Waals surface area contributed by atoms with Gasteiger partial charge in [0.05, 0.1) is 18.6 Å². The van der Waals surface area contributed by atoms with Crippen molar-refractivity contribution >= 4 is 44.8 Å². The fourth-order valence-electron chi connectivity index (χ4n) is 3.75. The Hall–Kier alpha value is -3.91. The van der Waals surface area contributed by atoms with E-state index in [1.54, 1.807) is 27.3 Å². The molecule has 0 unspecified atom stereocenters. The number of anilines is 1. The van der Waals surface area contributed by atoms with Crippen molar-refractivity contribution < 1.29 is 18.7 Å². The number of hydrogen-bond acceptors (Lipinski definition) is 6. The maximum absolute atomic E-state index is 12.8. The lowest BCUT2D eigenvalue weighted by Gasteiger charge is -2.11. The van der Waals surface area contributed by atoms with E-state index in [1.807, 2.05) is 56.3 Å². The van der Waals surface area contributed by atoms with E-state index < -0.39 is 0 Å². The minimum absolute atomic E-state index is 0.142. The third-order valence-corrected chi connectivity index (χ3v) is 6.52. The van der Waals surface area contributed by atoms with E-state index >= 15 is 0 Å². The summed E-state index contributed by atoms with van der Waals surface area (Å²) in [5.41, 5.74) is 4.84. The van der Waals surface area contributed by atoms with Crippen LogP contribution < -0.4 is 10.1 Å². The molecular formula is C27H27N3O4S. The second-order valence-corrected chi connectivity index (χ2v) is 9.24. The molecule has 35 heavy (non-hydrogen) atoms. The van der Waals surface area contributed by atoms with Crippen molar-refractivity contribution in [2.75, 3.05) is 26.0 Å². The first-order valence-corrected chi connectivity index (χ1v) is 12.0. The average Bonchev–Trinajstić information content (AvgIpc) is 3.41. The van der Waals surface area contributed by atoms with Crippen molar-refractivity contribution in [3.05, 3.63) is 70.9 Å². The van der Waals surface area contributed by atoms with Gasteiger partial charge in [-0.15, -0.1) is 0 Å². The molecule has 1 N–H and O–H groups in total. The highest BCUT2D eigenvalue weighted by molar-refractivity contribution is 7.17. The Morgan fingerprint density at radius 1 is 1.20 bits per heavy atom. The number of fused-ring (bicyclic) bond motifs is 1. The summed E-state index contributed by atoms with van der Waals surface area (Å²) in [4.78, 5) is 31.4. The Bertz CT molecular complexity index is 1420. The fraction of sp³-hybridized carbons (Fsp3) is 0.222. The summed E-state index contributed by atoms with van der Waals surface area (Å²) < 4.78 is 11.7. The lowest BCUT2D eigenvalue weighted by Crippen LogP contribution is -2.21. The summed E-state index contributed by atoms with van der Waals surface area (Å²) in [5, 5.41) is 4.09. The van der Waals surface area contributed by atoms with E-state index in [2.05, 4.69) is 10.3 Å². The van der Waals surface area contributed by atoms with Gasteiger partial charge in [-0.2, -0.15) is 0 Å². The topological polar surface area (TPSA) is 84.7 Å². The van der Waals surface area contributed by atoms with Gasteiger partial charge in [-0.05, 0) is 38.0 Å². The maximum atomic E-state index is 12.8. The maximum Gasteiger partial charge on any atom is 0.265 e. The van der Waals surface area contributed by atoms with Crippen molar-refractivity contribution in [2.45, 2.75) is 20.8 Å². The fourth-order valence-corrected chi connectivity index (χ4v) is 4.74. The zero-order chi connectivity index (χ0) is 25.1. The van der Waals surface area contributed by atoms with E-state index in [4.69, 9.17) is 9.15 Å². The summed E-state index contributed by atoms with van der Waals surface area (Å²) in [6.07, 6.45) is 3.25. The quantitative estimate of drug-likeness (QED) is 0.322. The van der Waals surface area contributed by atoms with Gasteiger partial charge in [0.15, 0.2) is 5.13 Å². The first-order valence-electron chi connectivity index (χ1n) is 11.2. The van der Waals surface area contributed by atoms with E-state index in [-0.39, 0.29) is 11.8 Å². The van der Waals surface area contributed by atoms with Crippen LogP contribution in [0.25, 0.3) is 27.7 Å². The Labute approximate surface area is 208 Å². The number of furan rings is 1. The number of carbonyl (C=O) groups is 2. The standard InChI is InChI=1S/C27H27N3O4S/c1-6-33-22-14-23-20(21(15-34-23)18-10-8-7-9-11-18)13-19(22)16(2)12-24(31)29-27-28-17(3)25(35-27)26(32)30(4)5/h7-15H,6H2,1-5H3,(H,28,29,31)/b16-12+. The minimum Gasteiger partial charge on any atom is -0.493 e. The number of aryl methyl sites for hydroxylation is 1. The van der Waals surface area contributed by atoms with Gasteiger partial charge < -0.3 is 14.1 Å². The molecule has 180 valence electrons. The molecule has 0 saturated heterocycles. The van der Waals surface area contributed by atoms with Gasteiger partial charge in [0.25, 0.3) is 5.91 Å². The molecule has 0 atom stereocenters. The van der Waals surface area contributed by atoms with Crippen LogP contribution in [0.5, 0.6) is 5.75 Å². The van der Waals surface area contributed by atoms with E-state index in [0.29, 0.717) is 33.6 Å². The number of nitrogens with one attached hydrogen (secondary N) is 1. The first-order chi connectivity index (χ1) is 16.8. The third kappa shape index (κ3) is 5.12. The van der Waals surface area contributed by atoms with Crippen molar-refractivity contribution in [1.29, 1.82) is 0 Å². The molecule has 8 heteroatoms. The predicted molar refractivity (Wildman–Crippen MR) is 140 cm³/mol. The molecule has 0 saturated carbocycles. The van der Waals surface area contributed by atoms with Gasteiger partial charge in [0.2, 0.25) is 5.91 Å². The van der Waals surface area contributed by atoms with Crippen molar-refractivity contribution in [1.82, 2.24) is 9.88 Å². The number of allylic oxidation sites excluding steroid dienone is 1. The lowest BCUT2D eigenvalue weighted by atomic mass is 9.99. The van der Waals surface area contributed by atoms with Crippen LogP contribution in [-0.4, -0.2) is 42.4 Å². The monoisotopic (exact) mass is 489 g/mol. The van der Waals surface area contributed by atoms with Crippen molar-refractivity contribution in [3.8, 4) is 16.9 Å². The molecule has 4 rings (SSSR count). The Morgan fingerprint density at radius 3 is 2.63 bits per heavy atom. The van der Waals surface area contributed by atoms with Gasteiger partial charge in [0.1, 0.15) is 16.2 Å². The largest absolute Gasteiger partial charge is 0.493 e. The van der Waals surface area contributed by atoms with Crippen LogP contribution in [0.1, 0.15) is 34.8 Å². The Kier molecular flexibility index (Phi) is 7.02. The summed E-state index contributed by atoms with van der Waals surface area (Å²) >= 11 is 1.16. The van der Waals surface area contributed by atoms with Gasteiger partial charge >= 0.3 is 0 Å². The third-order valence-electron chi connectivity index (χ3n) is 5.46. The molecule has 2 heterocycles. The summed E-state index contributed by atoms with van der Waals surface area (Å²) in [5.74, 6) is 0.161. The molecule has 0 fully saturated rings. The van der Waals surface area contributed by atoms with Crippen molar-refractivity contribution in [2.24, 2.45) is 0 Å². The molecule has 0 aliphatic rings. The van der Waals surface area contributed by atoms with E-state index in [0.717, 1.165) is 39.0 Å². The van der Waals surface area contributed by atoms with Gasteiger partial charge in [-0.25, -0.2) is 4.98 Å². The number of nitrogens with zero attached hydrogens (tertiary/aromatic N) is 2. The molecular weight excluding hydrogens is 462 g/mol. The Morgan fingerprint density at radius 2 is 1.94 bits per heavy atom. The molecule has 4 aromatic rings. The number of thiazole rings is 1. The molecule has 0 aliphatic carbocycles.